The summed E-state index contributed by atoms with van der Waals surface area (Å²) in [7, 11) is 0. The highest BCUT2D eigenvalue weighted by molar-refractivity contribution is 7.80. The Bertz CT molecular complexity index is 587. The average Bonchev–Trinajstić information content (AvgIpc) is 2.79. The van der Waals surface area contributed by atoms with E-state index >= 15 is 0 Å². The van der Waals surface area contributed by atoms with Gasteiger partial charge in [-0.05, 0) is 25.0 Å². The Morgan fingerprint density at radius 3 is 2.89 bits per heavy atom. The van der Waals surface area contributed by atoms with E-state index in [0.29, 0.717) is 10.9 Å². The Kier molecular flexibility index (Phi) is 3.01. The summed E-state index contributed by atoms with van der Waals surface area (Å²) in [5.41, 5.74) is 7.47. The van der Waals surface area contributed by atoms with Crippen molar-refractivity contribution in [3.8, 4) is 0 Å². The van der Waals surface area contributed by atoms with Gasteiger partial charge in [-0.1, -0.05) is 18.3 Å². The van der Waals surface area contributed by atoms with Crippen LogP contribution in [-0.2, 0) is 4.74 Å². The molecule has 0 amide bonds. The van der Waals surface area contributed by atoms with Gasteiger partial charge in [0.05, 0.1) is 5.52 Å². The van der Waals surface area contributed by atoms with Gasteiger partial charge in [0.2, 0.25) is 0 Å². The third-order valence-electron chi connectivity index (χ3n) is 3.40. The molecule has 0 bridgehead atoms. The van der Waals surface area contributed by atoms with E-state index < -0.39 is 0 Å². The summed E-state index contributed by atoms with van der Waals surface area (Å²) in [5, 5.41) is 0. The minimum atomic E-state index is 0.358. The van der Waals surface area contributed by atoms with Crippen LogP contribution < -0.4 is 5.73 Å². The number of hydrogen-bond donors (Lipinski definition) is 1. The number of nitrogens with zero attached hydrogens (tertiary/aromatic N) is 2. The quantitative estimate of drug-likeness (QED) is 0.838. The van der Waals surface area contributed by atoms with E-state index in [1.54, 1.807) is 0 Å². The number of fused-ring (bicyclic) bond motifs is 1. The van der Waals surface area contributed by atoms with E-state index in [1.165, 1.54) is 0 Å². The molecule has 0 spiro atoms. The molecule has 94 valence electrons. The molecule has 3 rings (SSSR count). The molecule has 2 N–H and O–H groups in total. The highest BCUT2D eigenvalue weighted by atomic mass is 32.1. The van der Waals surface area contributed by atoms with Crippen LogP contribution in [-0.4, -0.2) is 27.6 Å². The first-order valence-corrected chi connectivity index (χ1v) is 6.52. The molecule has 1 aliphatic rings. The van der Waals surface area contributed by atoms with E-state index in [1.807, 2.05) is 24.4 Å². The number of thiocarbonyl (C=S) groups is 1. The number of hydrogen-bond acceptors (Lipinski definition) is 3. The largest absolute Gasteiger partial charge is 0.388 e. The Morgan fingerprint density at radius 1 is 1.39 bits per heavy atom. The normalized spacial score (nSPS) is 17.1. The second-order valence-electron chi connectivity index (χ2n) is 4.53. The SMILES string of the molecule is NC(=S)c1nc(C2CCOCC2)n2ccccc12. The van der Waals surface area contributed by atoms with Crippen LogP contribution in [0.15, 0.2) is 24.4 Å². The van der Waals surface area contributed by atoms with Crippen molar-refractivity contribution in [1.82, 2.24) is 9.38 Å². The summed E-state index contributed by atoms with van der Waals surface area (Å²) >= 11 is 5.08. The van der Waals surface area contributed by atoms with Crippen molar-refractivity contribution >= 4 is 22.7 Å². The van der Waals surface area contributed by atoms with Crippen molar-refractivity contribution in [3.63, 3.8) is 0 Å². The lowest BCUT2D eigenvalue weighted by Gasteiger charge is -2.20. The van der Waals surface area contributed by atoms with Crippen LogP contribution in [0.4, 0.5) is 0 Å². The molecular formula is C13H15N3OS. The predicted molar refractivity (Wildman–Crippen MR) is 73.9 cm³/mol. The minimum Gasteiger partial charge on any atom is -0.388 e. The number of aromatic nitrogens is 2. The molecule has 2 aromatic heterocycles. The standard InChI is InChI=1S/C13H15N3OS/c14-12(18)11-10-3-1-2-6-16(10)13(15-11)9-4-7-17-8-5-9/h1-3,6,9H,4-5,7-8H2,(H2,14,18). The van der Waals surface area contributed by atoms with Crippen molar-refractivity contribution in [2.45, 2.75) is 18.8 Å². The monoisotopic (exact) mass is 261 g/mol. The van der Waals surface area contributed by atoms with Gasteiger partial charge in [-0.15, -0.1) is 0 Å². The van der Waals surface area contributed by atoms with Gasteiger partial charge >= 0.3 is 0 Å². The Labute approximate surface area is 111 Å². The zero-order chi connectivity index (χ0) is 12.5. The first-order chi connectivity index (χ1) is 8.77. The van der Waals surface area contributed by atoms with Crippen molar-refractivity contribution in [1.29, 1.82) is 0 Å². The Balaban J connectivity index is 2.13. The summed E-state index contributed by atoms with van der Waals surface area (Å²) in [6.07, 6.45) is 4.03. The maximum atomic E-state index is 5.75. The number of ether oxygens (including phenoxy) is 1. The maximum absolute atomic E-state index is 5.75. The zero-order valence-corrected chi connectivity index (χ0v) is 10.8. The van der Waals surface area contributed by atoms with Crippen LogP contribution in [0.1, 0.15) is 30.3 Å². The topological polar surface area (TPSA) is 52.5 Å². The van der Waals surface area contributed by atoms with Gasteiger partial charge in [0.25, 0.3) is 0 Å². The van der Waals surface area contributed by atoms with E-state index in [4.69, 9.17) is 22.7 Å². The molecule has 0 atom stereocenters. The van der Waals surface area contributed by atoms with Gasteiger partial charge in [0.1, 0.15) is 16.5 Å². The van der Waals surface area contributed by atoms with Gasteiger partial charge in [-0.25, -0.2) is 4.98 Å². The number of pyridine rings is 1. The summed E-state index contributed by atoms with van der Waals surface area (Å²) in [5.74, 6) is 1.48. The van der Waals surface area contributed by atoms with Crippen LogP contribution in [0.3, 0.4) is 0 Å². The predicted octanol–water partition coefficient (Wildman–Crippen LogP) is 1.86. The second-order valence-corrected chi connectivity index (χ2v) is 4.97. The lowest BCUT2D eigenvalue weighted by Crippen LogP contribution is -2.16. The van der Waals surface area contributed by atoms with Gasteiger partial charge in [0.15, 0.2) is 0 Å². The first-order valence-electron chi connectivity index (χ1n) is 6.12. The van der Waals surface area contributed by atoms with Crippen LogP contribution >= 0.6 is 12.2 Å². The summed E-state index contributed by atoms with van der Waals surface area (Å²) in [6, 6.07) is 5.98. The molecule has 1 fully saturated rings. The van der Waals surface area contributed by atoms with E-state index in [-0.39, 0.29) is 0 Å². The van der Waals surface area contributed by atoms with Gasteiger partial charge in [-0.2, -0.15) is 0 Å². The van der Waals surface area contributed by atoms with E-state index in [2.05, 4.69) is 9.38 Å². The van der Waals surface area contributed by atoms with Crippen molar-refractivity contribution < 1.29 is 4.74 Å². The molecule has 0 saturated carbocycles. The molecule has 0 aromatic carbocycles. The fourth-order valence-electron chi connectivity index (χ4n) is 2.49. The smallest absolute Gasteiger partial charge is 0.124 e. The number of imidazole rings is 1. The molecule has 0 radical (unpaired) electrons. The van der Waals surface area contributed by atoms with Crippen molar-refractivity contribution in [2.75, 3.05) is 13.2 Å². The lowest BCUT2D eigenvalue weighted by atomic mass is 10.00. The molecule has 1 saturated heterocycles. The Hall–Kier alpha value is -1.46. The molecule has 5 heteroatoms. The minimum absolute atomic E-state index is 0.358. The first kappa shape index (κ1) is 11.6. The third kappa shape index (κ3) is 1.89. The molecular weight excluding hydrogens is 246 g/mol. The summed E-state index contributed by atoms with van der Waals surface area (Å²) < 4.78 is 7.50. The van der Waals surface area contributed by atoms with E-state index in [0.717, 1.165) is 43.1 Å². The Morgan fingerprint density at radius 2 is 2.17 bits per heavy atom. The molecule has 0 aliphatic carbocycles. The summed E-state index contributed by atoms with van der Waals surface area (Å²) in [6.45, 7) is 1.60. The van der Waals surface area contributed by atoms with Crippen LogP contribution in [0.2, 0.25) is 0 Å². The molecule has 18 heavy (non-hydrogen) atoms. The van der Waals surface area contributed by atoms with Gasteiger partial charge < -0.3 is 14.9 Å². The van der Waals surface area contributed by atoms with Gasteiger partial charge in [-0.3, -0.25) is 0 Å². The lowest BCUT2D eigenvalue weighted by molar-refractivity contribution is 0.0835. The molecule has 3 heterocycles. The fourth-order valence-corrected chi connectivity index (χ4v) is 2.64. The third-order valence-corrected chi connectivity index (χ3v) is 3.59. The van der Waals surface area contributed by atoms with Crippen LogP contribution in [0.25, 0.3) is 5.52 Å². The maximum Gasteiger partial charge on any atom is 0.124 e. The van der Waals surface area contributed by atoms with Gasteiger partial charge in [0, 0.05) is 25.3 Å². The fraction of sp³-hybridized carbons (Fsp3) is 0.385. The van der Waals surface area contributed by atoms with E-state index in [9.17, 15) is 0 Å². The highest BCUT2D eigenvalue weighted by Gasteiger charge is 2.22. The molecule has 2 aromatic rings. The summed E-state index contributed by atoms with van der Waals surface area (Å²) in [4.78, 5) is 5.01. The van der Waals surface area contributed by atoms with Crippen LogP contribution in [0.5, 0.6) is 0 Å². The molecule has 1 aliphatic heterocycles. The number of nitrogens with two attached hydrogens (primary N) is 1. The second kappa shape index (κ2) is 4.66. The van der Waals surface area contributed by atoms with Crippen molar-refractivity contribution in [2.24, 2.45) is 5.73 Å². The highest BCUT2D eigenvalue weighted by Crippen LogP contribution is 2.28. The molecule has 4 nitrogen and oxygen atoms in total. The number of rotatable bonds is 2. The van der Waals surface area contributed by atoms with Crippen molar-refractivity contribution in [3.05, 3.63) is 35.9 Å². The zero-order valence-electron chi connectivity index (χ0n) is 10.0. The molecule has 0 unspecified atom stereocenters. The van der Waals surface area contributed by atoms with Crippen LogP contribution in [0, 0.1) is 0 Å². The average molecular weight is 261 g/mol.